The fourth-order valence-electron chi connectivity index (χ4n) is 5.07. The second kappa shape index (κ2) is 12.0. The zero-order valence-corrected chi connectivity index (χ0v) is 24.9. The number of rotatable bonds is 12. The fourth-order valence-corrected chi connectivity index (χ4v) is 6.57. The summed E-state index contributed by atoms with van der Waals surface area (Å²) in [6.07, 6.45) is -0.684. The maximum atomic E-state index is 12.8. The number of nitrogens with zero attached hydrogens (tertiary/aromatic N) is 5. The Balaban J connectivity index is 1.39. The number of hydrogen-bond acceptors (Lipinski definition) is 11. The molecular weight excluding hydrogens is 561 g/mol. The minimum Gasteiger partial charge on any atom is -0.366 e. The largest absolute Gasteiger partial charge is 0.366 e. The number of halogens is 1. The zero-order valence-electron chi connectivity index (χ0n) is 23.2. The van der Waals surface area contributed by atoms with Gasteiger partial charge in [0.25, 0.3) is 0 Å². The second-order valence-corrected chi connectivity index (χ2v) is 12.4. The van der Waals surface area contributed by atoms with Crippen molar-refractivity contribution >= 4 is 36.0 Å². The maximum absolute atomic E-state index is 12.8. The standard InChI is InChI=1S/C26H35ClN5O7P/c1-6-35-40(33,36-7-2)16-34-15-19-20-21(39-26(3,4)38-20)24(37-19)32-23-18(13-28-32)22(29-25(27)30-23)31(5)14-17-11-9-8-10-12-17/h8-13,19-21,24H,6-7,14-16H2,1-5H3/t19-,20-,21-,24-/m1/s1. The first kappa shape index (κ1) is 29.3. The third-order valence-corrected chi connectivity index (χ3v) is 8.55. The molecule has 218 valence electrons. The molecule has 0 aliphatic carbocycles. The molecular formula is C26H35ClN5O7P. The van der Waals surface area contributed by atoms with Gasteiger partial charge >= 0.3 is 7.60 Å². The van der Waals surface area contributed by atoms with E-state index >= 15 is 0 Å². The molecule has 0 bridgehead atoms. The zero-order chi connectivity index (χ0) is 28.5. The van der Waals surface area contributed by atoms with Gasteiger partial charge in [-0.1, -0.05) is 30.3 Å². The van der Waals surface area contributed by atoms with Crippen LogP contribution in [0.2, 0.25) is 5.28 Å². The van der Waals surface area contributed by atoms with E-state index in [4.69, 9.17) is 39.6 Å². The third-order valence-electron chi connectivity index (χ3n) is 6.58. The molecule has 2 aliphatic heterocycles. The van der Waals surface area contributed by atoms with Crippen LogP contribution in [0, 0.1) is 0 Å². The lowest BCUT2D eigenvalue weighted by Crippen LogP contribution is -2.33. The summed E-state index contributed by atoms with van der Waals surface area (Å²) in [5, 5.41) is 5.43. The van der Waals surface area contributed by atoms with Crippen LogP contribution in [-0.2, 0) is 39.1 Å². The Hall–Kier alpha value is -2.15. The molecule has 40 heavy (non-hydrogen) atoms. The Labute approximate surface area is 238 Å². The Morgan fingerprint density at radius 2 is 1.80 bits per heavy atom. The van der Waals surface area contributed by atoms with E-state index in [1.165, 1.54) is 0 Å². The van der Waals surface area contributed by atoms with Crippen LogP contribution in [0.1, 0.15) is 39.5 Å². The van der Waals surface area contributed by atoms with Gasteiger partial charge in [0.1, 0.15) is 30.5 Å². The average Bonchev–Trinajstić information content (AvgIpc) is 3.55. The smallest absolute Gasteiger partial charge is 0.356 e. The van der Waals surface area contributed by atoms with Gasteiger partial charge in [-0.3, -0.25) is 4.57 Å². The first-order valence-corrected chi connectivity index (χ1v) is 15.4. The van der Waals surface area contributed by atoms with Crippen molar-refractivity contribution in [2.24, 2.45) is 0 Å². The number of anilines is 1. The van der Waals surface area contributed by atoms with Crippen LogP contribution >= 0.6 is 19.2 Å². The predicted molar refractivity (Wildman–Crippen MR) is 148 cm³/mol. The summed E-state index contributed by atoms with van der Waals surface area (Å²) in [4.78, 5) is 11.0. The van der Waals surface area contributed by atoms with Crippen molar-refractivity contribution in [3.63, 3.8) is 0 Å². The highest BCUT2D eigenvalue weighted by molar-refractivity contribution is 7.53. The molecule has 0 spiro atoms. The first-order chi connectivity index (χ1) is 19.1. The number of fused-ring (bicyclic) bond motifs is 2. The summed E-state index contributed by atoms with van der Waals surface area (Å²) in [6, 6.07) is 10.1. The summed E-state index contributed by atoms with van der Waals surface area (Å²) in [5.41, 5.74) is 1.63. The van der Waals surface area contributed by atoms with Gasteiger partial charge in [0.2, 0.25) is 5.28 Å². The van der Waals surface area contributed by atoms with Gasteiger partial charge in [0.15, 0.2) is 17.7 Å². The van der Waals surface area contributed by atoms with E-state index in [9.17, 15) is 4.57 Å². The molecule has 2 aliphatic rings. The molecule has 5 rings (SSSR count). The molecule has 0 radical (unpaired) electrons. The Bertz CT molecular complexity index is 1350. The monoisotopic (exact) mass is 595 g/mol. The highest BCUT2D eigenvalue weighted by Crippen LogP contribution is 2.49. The number of aromatic nitrogens is 4. The van der Waals surface area contributed by atoms with Crippen molar-refractivity contribution in [1.29, 1.82) is 0 Å². The van der Waals surface area contributed by atoms with Crippen LogP contribution in [0.4, 0.5) is 5.82 Å². The van der Waals surface area contributed by atoms with E-state index < -0.39 is 37.9 Å². The van der Waals surface area contributed by atoms with E-state index in [0.29, 0.717) is 18.0 Å². The highest BCUT2D eigenvalue weighted by Gasteiger charge is 2.56. The molecule has 0 saturated carbocycles. The molecule has 4 heterocycles. The summed E-state index contributed by atoms with van der Waals surface area (Å²) in [5.74, 6) is -0.205. The van der Waals surface area contributed by atoms with Crippen molar-refractivity contribution in [3.8, 4) is 0 Å². The number of benzene rings is 1. The predicted octanol–water partition coefficient (Wildman–Crippen LogP) is 4.77. The van der Waals surface area contributed by atoms with Crippen LogP contribution in [-0.4, -0.2) is 77.1 Å². The minimum atomic E-state index is -3.38. The van der Waals surface area contributed by atoms with Gasteiger partial charge in [-0.15, -0.1) is 0 Å². The molecule has 0 N–H and O–H groups in total. The van der Waals surface area contributed by atoms with Crippen molar-refractivity contribution < 1.29 is 32.6 Å². The van der Waals surface area contributed by atoms with E-state index in [0.717, 1.165) is 10.9 Å². The lowest BCUT2D eigenvalue weighted by Gasteiger charge is -2.25. The Kier molecular flexibility index (Phi) is 8.80. The normalized spacial score (nSPS) is 24.1. The van der Waals surface area contributed by atoms with Gasteiger partial charge in [0, 0.05) is 13.6 Å². The lowest BCUT2D eigenvalue weighted by atomic mass is 10.1. The lowest BCUT2D eigenvalue weighted by molar-refractivity contribution is -0.202. The molecule has 12 nitrogen and oxygen atoms in total. The topological polar surface area (TPSA) is 119 Å². The van der Waals surface area contributed by atoms with Gasteiger partial charge in [-0.2, -0.15) is 15.1 Å². The first-order valence-electron chi connectivity index (χ1n) is 13.3. The summed E-state index contributed by atoms with van der Waals surface area (Å²) < 4.78 is 49.7. The van der Waals surface area contributed by atoms with Gasteiger partial charge in [-0.05, 0) is 44.9 Å². The molecule has 1 aromatic carbocycles. The van der Waals surface area contributed by atoms with Crippen molar-refractivity contribution in [3.05, 3.63) is 47.4 Å². The molecule has 0 amide bonds. The van der Waals surface area contributed by atoms with Crippen molar-refractivity contribution in [1.82, 2.24) is 19.7 Å². The Morgan fingerprint density at radius 1 is 1.10 bits per heavy atom. The molecule has 4 atom stereocenters. The highest BCUT2D eigenvalue weighted by atomic mass is 35.5. The number of hydrogen-bond donors (Lipinski definition) is 0. The van der Waals surface area contributed by atoms with Crippen LogP contribution in [0.5, 0.6) is 0 Å². The van der Waals surface area contributed by atoms with Gasteiger partial charge in [-0.25, -0.2) is 4.68 Å². The van der Waals surface area contributed by atoms with Crippen LogP contribution < -0.4 is 4.90 Å². The Morgan fingerprint density at radius 3 is 2.50 bits per heavy atom. The SMILES string of the molecule is CCOP(=O)(COC[C@H]1O[C@@H](n2ncc3c(N(C)Cc4ccccc4)nc(Cl)nc32)[C@@H]2OC(C)(C)O[C@@H]21)OCC. The quantitative estimate of drug-likeness (QED) is 0.213. The number of ether oxygens (including phenoxy) is 4. The molecule has 2 aromatic heterocycles. The van der Waals surface area contributed by atoms with E-state index in [1.807, 2.05) is 44.0 Å². The summed E-state index contributed by atoms with van der Waals surface area (Å²) in [7, 11) is -1.43. The molecule has 3 aromatic rings. The molecule has 2 saturated heterocycles. The molecule has 14 heteroatoms. The van der Waals surface area contributed by atoms with Crippen molar-refractivity contribution in [2.45, 2.75) is 64.6 Å². The molecule has 2 fully saturated rings. The average molecular weight is 596 g/mol. The second-order valence-electron chi connectivity index (χ2n) is 10.1. The minimum absolute atomic E-state index is 0.0846. The van der Waals surface area contributed by atoms with E-state index in [-0.39, 0.29) is 31.5 Å². The maximum Gasteiger partial charge on any atom is 0.356 e. The summed E-state index contributed by atoms with van der Waals surface area (Å²) >= 11 is 6.40. The third kappa shape index (κ3) is 6.19. The summed E-state index contributed by atoms with van der Waals surface area (Å²) in [6.45, 7) is 8.39. The molecule has 0 unspecified atom stereocenters. The van der Waals surface area contributed by atoms with Crippen LogP contribution in [0.15, 0.2) is 36.5 Å². The van der Waals surface area contributed by atoms with Crippen LogP contribution in [0.25, 0.3) is 11.0 Å². The van der Waals surface area contributed by atoms with Gasteiger partial charge < -0.3 is 32.9 Å². The fraction of sp³-hybridized carbons (Fsp3) is 0.577. The van der Waals surface area contributed by atoms with Crippen molar-refractivity contribution in [2.75, 3.05) is 38.1 Å². The van der Waals surface area contributed by atoms with Crippen LogP contribution in [0.3, 0.4) is 0 Å². The van der Waals surface area contributed by atoms with E-state index in [1.54, 1.807) is 24.7 Å². The van der Waals surface area contributed by atoms with Gasteiger partial charge in [0.05, 0.1) is 31.4 Å². The van der Waals surface area contributed by atoms with E-state index in [2.05, 4.69) is 27.2 Å².